The molecule has 1 aromatic heterocycles. The Hall–Kier alpha value is -1.45. The van der Waals surface area contributed by atoms with Gasteiger partial charge in [-0.05, 0) is 13.8 Å². The van der Waals surface area contributed by atoms with Crippen molar-refractivity contribution in [1.29, 1.82) is 0 Å². The lowest BCUT2D eigenvalue weighted by atomic mass is 10.3. The minimum atomic E-state index is -3.77. The van der Waals surface area contributed by atoms with Gasteiger partial charge in [-0.3, -0.25) is 4.79 Å². The number of amides is 1. The van der Waals surface area contributed by atoms with Gasteiger partial charge in [-0.2, -0.15) is 4.72 Å². The van der Waals surface area contributed by atoms with Gasteiger partial charge in [-0.15, -0.1) is 0 Å². The molecule has 1 aromatic rings. The Labute approximate surface area is 112 Å². The zero-order chi connectivity index (χ0) is 14.5. The molecule has 0 radical (unpaired) electrons. The number of hydrogen-bond acceptors (Lipinski definition) is 5. The van der Waals surface area contributed by atoms with Crippen molar-refractivity contribution in [2.75, 3.05) is 20.3 Å². The van der Waals surface area contributed by atoms with Gasteiger partial charge in [0.1, 0.15) is 5.82 Å². The van der Waals surface area contributed by atoms with E-state index in [1.807, 2.05) is 0 Å². The summed E-state index contributed by atoms with van der Waals surface area (Å²) in [6, 6.07) is -0.884. The average Bonchev–Trinajstić information content (AvgIpc) is 2.76. The Morgan fingerprint density at radius 1 is 1.58 bits per heavy atom. The molecule has 0 saturated carbocycles. The Kier molecular flexibility index (Phi) is 5.45. The molecule has 0 aliphatic heterocycles. The van der Waals surface area contributed by atoms with Gasteiger partial charge in [0.05, 0.1) is 18.8 Å². The lowest BCUT2D eigenvalue weighted by Crippen LogP contribution is -2.45. The lowest BCUT2D eigenvalue weighted by molar-refractivity contribution is -0.122. The van der Waals surface area contributed by atoms with Crippen LogP contribution in [0.2, 0.25) is 0 Å². The van der Waals surface area contributed by atoms with Gasteiger partial charge in [0.15, 0.2) is 5.03 Å². The van der Waals surface area contributed by atoms with Gasteiger partial charge in [-0.25, -0.2) is 13.4 Å². The molecule has 0 aliphatic rings. The Morgan fingerprint density at radius 2 is 2.26 bits per heavy atom. The number of imidazole rings is 1. The van der Waals surface area contributed by atoms with Crippen LogP contribution in [0.5, 0.6) is 0 Å². The summed E-state index contributed by atoms with van der Waals surface area (Å²) >= 11 is 0. The fraction of sp³-hybridized carbons (Fsp3) is 0.600. The predicted octanol–water partition coefficient (Wildman–Crippen LogP) is -0.852. The third-order valence-electron chi connectivity index (χ3n) is 2.30. The van der Waals surface area contributed by atoms with E-state index in [2.05, 4.69) is 20.0 Å². The predicted molar refractivity (Wildman–Crippen MR) is 68.0 cm³/mol. The summed E-state index contributed by atoms with van der Waals surface area (Å²) in [4.78, 5) is 18.0. The minimum absolute atomic E-state index is 0.0680. The molecule has 108 valence electrons. The highest BCUT2D eigenvalue weighted by Crippen LogP contribution is 2.05. The molecule has 0 aliphatic carbocycles. The molecule has 9 heteroatoms. The number of hydrogen-bond donors (Lipinski definition) is 3. The maximum absolute atomic E-state index is 11.9. The minimum Gasteiger partial charge on any atom is -0.383 e. The average molecular weight is 290 g/mol. The number of carbonyl (C=O) groups excluding carboxylic acids is 1. The van der Waals surface area contributed by atoms with Crippen LogP contribution in [-0.4, -0.2) is 50.6 Å². The maximum Gasteiger partial charge on any atom is 0.258 e. The summed E-state index contributed by atoms with van der Waals surface area (Å²) in [7, 11) is -2.26. The summed E-state index contributed by atoms with van der Waals surface area (Å²) in [6.07, 6.45) is 1.20. The largest absolute Gasteiger partial charge is 0.383 e. The lowest BCUT2D eigenvalue weighted by Gasteiger charge is -2.13. The third-order valence-corrected chi connectivity index (χ3v) is 3.75. The van der Waals surface area contributed by atoms with Crippen LogP contribution < -0.4 is 10.0 Å². The third kappa shape index (κ3) is 4.62. The normalized spacial score (nSPS) is 13.2. The first-order chi connectivity index (χ1) is 8.86. The van der Waals surface area contributed by atoms with Crippen LogP contribution in [0.4, 0.5) is 0 Å². The topological polar surface area (TPSA) is 113 Å². The number of methoxy groups -OCH3 is 1. The van der Waals surface area contributed by atoms with Crippen molar-refractivity contribution in [2.45, 2.75) is 24.9 Å². The van der Waals surface area contributed by atoms with E-state index >= 15 is 0 Å². The molecule has 1 unspecified atom stereocenters. The highest BCUT2D eigenvalue weighted by atomic mass is 32.2. The van der Waals surface area contributed by atoms with Crippen molar-refractivity contribution >= 4 is 15.9 Å². The quantitative estimate of drug-likeness (QED) is 0.566. The zero-order valence-electron chi connectivity index (χ0n) is 11.1. The number of sulfonamides is 1. The molecular weight excluding hydrogens is 272 g/mol. The van der Waals surface area contributed by atoms with Gasteiger partial charge in [-0.1, -0.05) is 0 Å². The van der Waals surface area contributed by atoms with Crippen LogP contribution in [-0.2, 0) is 19.6 Å². The van der Waals surface area contributed by atoms with Crippen LogP contribution in [0.1, 0.15) is 12.7 Å². The van der Waals surface area contributed by atoms with E-state index in [0.29, 0.717) is 19.0 Å². The summed E-state index contributed by atoms with van der Waals surface area (Å²) in [5.41, 5.74) is 0. The molecule has 3 N–H and O–H groups in total. The van der Waals surface area contributed by atoms with Crippen molar-refractivity contribution in [2.24, 2.45) is 0 Å². The number of H-pyrrole nitrogens is 1. The van der Waals surface area contributed by atoms with Gasteiger partial charge in [0.2, 0.25) is 5.91 Å². The molecule has 8 nitrogen and oxygen atoms in total. The van der Waals surface area contributed by atoms with E-state index in [9.17, 15) is 13.2 Å². The van der Waals surface area contributed by atoms with E-state index in [0.717, 1.165) is 0 Å². The number of nitrogens with one attached hydrogen (secondary N) is 3. The first-order valence-corrected chi connectivity index (χ1v) is 7.15. The highest BCUT2D eigenvalue weighted by molar-refractivity contribution is 7.89. The second kappa shape index (κ2) is 6.64. The van der Waals surface area contributed by atoms with Gasteiger partial charge in [0, 0.05) is 13.7 Å². The van der Waals surface area contributed by atoms with Gasteiger partial charge >= 0.3 is 0 Å². The summed E-state index contributed by atoms with van der Waals surface area (Å²) in [5.74, 6) is 0.0643. The maximum atomic E-state index is 11.9. The Morgan fingerprint density at radius 3 is 2.79 bits per heavy atom. The first-order valence-electron chi connectivity index (χ1n) is 5.67. The van der Waals surface area contributed by atoms with E-state index in [1.165, 1.54) is 20.2 Å². The van der Waals surface area contributed by atoms with Crippen molar-refractivity contribution in [3.63, 3.8) is 0 Å². The molecule has 0 saturated heterocycles. The molecule has 1 heterocycles. The van der Waals surface area contributed by atoms with Crippen LogP contribution in [0.25, 0.3) is 0 Å². The van der Waals surface area contributed by atoms with Crippen LogP contribution in [0.15, 0.2) is 11.2 Å². The van der Waals surface area contributed by atoms with Crippen molar-refractivity contribution in [3.05, 3.63) is 12.0 Å². The van der Waals surface area contributed by atoms with Crippen LogP contribution >= 0.6 is 0 Å². The number of aryl methyl sites for hydroxylation is 1. The Bertz CT molecular complexity index is 525. The molecule has 0 fully saturated rings. The number of aromatic nitrogens is 2. The van der Waals surface area contributed by atoms with Crippen LogP contribution in [0.3, 0.4) is 0 Å². The van der Waals surface area contributed by atoms with E-state index in [-0.39, 0.29) is 5.03 Å². The van der Waals surface area contributed by atoms with Crippen LogP contribution in [0, 0.1) is 6.92 Å². The summed E-state index contributed by atoms with van der Waals surface area (Å²) in [6.45, 7) is 3.79. The van der Waals surface area contributed by atoms with Gasteiger partial charge < -0.3 is 15.0 Å². The molecular formula is C10H18N4O4S. The fourth-order valence-electron chi connectivity index (χ4n) is 1.31. The second-order valence-corrected chi connectivity index (χ2v) is 5.64. The molecule has 1 rings (SSSR count). The van der Waals surface area contributed by atoms with Crippen molar-refractivity contribution in [1.82, 2.24) is 20.0 Å². The van der Waals surface area contributed by atoms with Crippen molar-refractivity contribution in [3.8, 4) is 0 Å². The van der Waals surface area contributed by atoms with E-state index < -0.39 is 22.0 Å². The number of rotatable bonds is 7. The molecule has 19 heavy (non-hydrogen) atoms. The smallest absolute Gasteiger partial charge is 0.258 e. The first kappa shape index (κ1) is 15.6. The van der Waals surface area contributed by atoms with E-state index in [4.69, 9.17) is 4.74 Å². The number of aromatic amines is 1. The van der Waals surface area contributed by atoms with Gasteiger partial charge in [0.25, 0.3) is 10.0 Å². The fourth-order valence-corrected chi connectivity index (χ4v) is 2.49. The highest BCUT2D eigenvalue weighted by Gasteiger charge is 2.23. The van der Waals surface area contributed by atoms with Crippen molar-refractivity contribution < 1.29 is 17.9 Å². The molecule has 0 aromatic carbocycles. The molecule has 1 atom stereocenters. The second-order valence-electron chi connectivity index (χ2n) is 3.96. The van der Waals surface area contributed by atoms with E-state index in [1.54, 1.807) is 6.92 Å². The SMILES string of the molecule is COCCNC(=O)C(C)NS(=O)(=O)c1cnc(C)[nH]1. The standard InChI is InChI=1S/C10H18N4O4S/c1-7(10(15)11-4-5-18-3)14-19(16,17)9-6-12-8(2)13-9/h6-7,14H,4-5H2,1-3H3,(H,11,15)(H,12,13). The number of ether oxygens (including phenoxy) is 1. The Balaban J connectivity index is 2.60. The monoisotopic (exact) mass is 290 g/mol. The molecule has 0 spiro atoms. The molecule has 1 amide bonds. The molecule has 0 bridgehead atoms. The summed E-state index contributed by atoms with van der Waals surface area (Å²) in [5, 5.41) is 2.48. The number of nitrogens with zero attached hydrogens (tertiary/aromatic N) is 1. The zero-order valence-corrected chi connectivity index (χ0v) is 11.9. The summed E-state index contributed by atoms with van der Waals surface area (Å²) < 4.78 is 30.8. The number of carbonyl (C=O) groups is 1.